The second-order valence-corrected chi connectivity index (χ2v) is 7.42. The average Bonchev–Trinajstić information content (AvgIpc) is 3.08. The molecule has 0 aliphatic carbocycles. The molecule has 164 valence electrons. The molecule has 0 N–H and O–H groups in total. The van der Waals surface area contributed by atoms with Crippen molar-refractivity contribution in [2.75, 3.05) is 0 Å². The van der Waals surface area contributed by atoms with Crippen LogP contribution in [0.15, 0.2) is 42.2 Å². The van der Waals surface area contributed by atoms with E-state index in [2.05, 4.69) is 0 Å². The van der Waals surface area contributed by atoms with Crippen LogP contribution in [0, 0.1) is 29.1 Å². The minimum atomic E-state index is -2.26. The van der Waals surface area contributed by atoms with Gasteiger partial charge in [-0.05, 0) is 35.9 Å². The molecule has 1 heterocycles. The summed E-state index contributed by atoms with van der Waals surface area (Å²) in [6.07, 6.45) is 1.44. The van der Waals surface area contributed by atoms with E-state index in [1.807, 2.05) is 0 Å². The number of hydrogen-bond donors (Lipinski definition) is 0. The van der Waals surface area contributed by atoms with Crippen LogP contribution < -0.4 is 9.47 Å². The van der Waals surface area contributed by atoms with Crippen LogP contribution in [0.4, 0.5) is 22.0 Å². The lowest BCUT2D eigenvalue weighted by Crippen LogP contribution is -2.09. The van der Waals surface area contributed by atoms with E-state index < -0.39 is 47.0 Å². The summed E-state index contributed by atoms with van der Waals surface area (Å²) in [5.41, 5.74) is -0.377. The maximum absolute atomic E-state index is 13.8. The molecule has 4 rings (SSSR count). The molecule has 0 saturated carbocycles. The van der Waals surface area contributed by atoms with Gasteiger partial charge in [0.15, 0.2) is 29.0 Å². The summed E-state index contributed by atoms with van der Waals surface area (Å²) < 4.78 is 78.1. The summed E-state index contributed by atoms with van der Waals surface area (Å²) in [5.74, 6) is -10.7. The fourth-order valence-electron chi connectivity index (χ4n) is 2.94. The summed E-state index contributed by atoms with van der Waals surface area (Å²) in [7, 11) is 0. The molecule has 1 aliphatic heterocycles. The van der Waals surface area contributed by atoms with E-state index in [-0.39, 0.29) is 27.8 Å². The van der Waals surface area contributed by atoms with E-state index in [1.54, 1.807) is 12.1 Å². The highest BCUT2D eigenvalue weighted by Crippen LogP contribution is 2.36. The Bertz CT molecular complexity index is 1280. The van der Waals surface area contributed by atoms with Gasteiger partial charge in [0.2, 0.25) is 11.6 Å². The van der Waals surface area contributed by atoms with Crippen molar-refractivity contribution < 1.29 is 36.2 Å². The first-order chi connectivity index (χ1) is 15.2. The number of carbonyl (C=O) groups is 1. The summed E-state index contributed by atoms with van der Waals surface area (Å²) in [6, 6.07) is 8.62. The standard InChI is InChI=1S/C22H9Cl2F5O3/c23-13-4-1-9(5-14(13)24)6-16-22(30)11-3-2-10(7-15(11)32-16)31-8-12-17(25)19(27)21(29)20(28)18(12)26/h1-7H,8H2. The minimum Gasteiger partial charge on any atom is -0.489 e. The number of Topliss-reactive ketones (excluding diaryl/α,β-unsaturated/α-hetero) is 1. The highest BCUT2D eigenvalue weighted by molar-refractivity contribution is 6.42. The molecular formula is C22H9Cl2F5O3. The number of ketones is 1. The number of hydrogen-bond acceptors (Lipinski definition) is 3. The lowest BCUT2D eigenvalue weighted by Gasteiger charge is -2.10. The van der Waals surface area contributed by atoms with E-state index in [1.165, 1.54) is 30.3 Å². The van der Waals surface area contributed by atoms with Gasteiger partial charge in [-0.3, -0.25) is 4.79 Å². The Labute approximate surface area is 187 Å². The summed E-state index contributed by atoms with van der Waals surface area (Å²) in [5, 5.41) is 0.624. The van der Waals surface area contributed by atoms with Gasteiger partial charge in [-0.2, -0.15) is 0 Å². The molecule has 0 spiro atoms. The smallest absolute Gasteiger partial charge is 0.231 e. The monoisotopic (exact) mass is 486 g/mol. The second-order valence-electron chi connectivity index (χ2n) is 6.61. The summed E-state index contributed by atoms with van der Waals surface area (Å²) in [4.78, 5) is 12.5. The van der Waals surface area contributed by atoms with Crippen LogP contribution in [0.2, 0.25) is 10.0 Å². The zero-order valence-electron chi connectivity index (χ0n) is 15.6. The van der Waals surface area contributed by atoms with E-state index in [0.29, 0.717) is 10.6 Å². The molecule has 10 heteroatoms. The Balaban J connectivity index is 1.56. The molecule has 0 amide bonds. The van der Waals surface area contributed by atoms with Gasteiger partial charge in [0.25, 0.3) is 0 Å². The molecule has 0 fully saturated rings. The van der Waals surface area contributed by atoms with Crippen LogP contribution >= 0.6 is 23.2 Å². The molecule has 3 aromatic rings. The SMILES string of the molecule is O=C1C(=Cc2ccc(Cl)c(Cl)c2)Oc2cc(OCc3c(F)c(F)c(F)c(F)c3F)ccc21. The second kappa shape index (κ2) is 8.44. The van der Waals surface area contributed by atoms with Crippen molar-refractivity contribution in [2.24, 2.45) is 0 Å². The molecule has 0 saturated heterocycles. The number of benzene rings is 3. The van der Waals surface area contributed by atoms with E-state index in [9.17, 15) is 26.7 Å². The van der Waals surface area contributed by atoms with Gasteiger partial charge in [-0.25, -0.2) is 22.0 Å². The van der Waals surface area contributed by atoms with Gasteiger partial charge in [0, 0.05) is 6.07 Å². The first-order valence-electron chi connectivity index (χ1n) is 8.84. The zero-order chi connectivity index (χ0) is 23.2. The molecular weight excluding hydrogens is 478 g/mol. The van der Waals surface area contributed by atoms with E-state index >= 15 is 0 Å². The van der Waals surface area contributed by atoms with Crippen LogP contribution in [0.25, 0.3) is 6.08 Å². The van der Waals surface area contributed by atoms with Gasteiger partial charge >= 0.3 is 0 Å². The largest absolute Gasteiger partial charge is 0.489 e. The first kappa shape index (κ1) is 22.1. The Morgan fingerprint density at radius 1 is 0.844 bits per heavy atom. The fraction of sp³-hybridized carbons (Fsp3) is 0.0455. The first-order valence-corrected chi connectivity index (χ1v) is 9.59. The van der Waals surface area contributed by atoms with Crippen LogP contribution in [0.3, 0.4) is 0 Å². The van der Waals surface area contributed by atoms with Crippen molar-refractivity contribution >= 4 is 35.1 Å². The maximum atomic E-state index is 13.8. The molecule has 32 heavy (non-hydrogen) atoms. The van der Waals surface area contributed by atoms with Crippen molar-refractivity contribution in [1.29, 1.82) is 0 Å². The van der Waals surface area contributed by atoms with Gasteiger partial charge in [0.1, 0.15) is 18.1 Å². The Kier molecular flexibility index (Phi) is 5.83. The zero-order valence-corrected chi connectivity index (χ0v) is 17.1. The number of allylic oxidation sites excluding steroid dienone is 1. The number of rotatable bonds is 4. The van der Waals surface area contributed by atoms with Crippen molar-refractivity contribution in [1.82, 2.24) is 0 Å². The summed E-state index contributed by atoms with van der Waals surface area (Å²) in [6.45, 7) is -0.940. The van der Waals surface area contributed by atoms with Crippen molar-refractivity contribution in [3.8, 4) is 11.5 Å². The highest BCUT2D eigenvalue weighted by Gasteiger charge is 2.29. The molecule has 0 bridgehead atoms. The molecule has 1 aliphatic rings. The predicted molar refractivity (Wildman–Crippen MR) is 106 cm³/mol. The van der Waals surface area contributed by atoms with Crippen LogP contribution in [-0.4, -0.2) is 5.78 Å². The number of ether oxygens (including phenoxy) is 2. The molecule has 0 atom stereocenters. The third-order valence-corrected chi connectivity index (χ3v) is 5.31. The molecule has 0 aromatic heterocycles. The van der Waals surface area contributed by atoms with Gasteiger partial charge in [-0.15, -0.1) is 0 Å². The predicted octanol–water partition coefficient (Wildman–Crippen LogP) is 6.88. The van der Waals surface area contributed by atoms with Gasteiger partial charge in [0.05, 0.1) is 21.2 Å². The highest BCUT2D eigenvalue weighted by atomic mass is 35.5. The van der Waals surface area contributed by atoms with Crippen molar-refractivity contribution in [3.05, 3.63) is 98.0 Å². The van der Waals surface area contributed by atoms with Crippen LogP contribution in [-0.2, 0) is 6.61 Å². The third kappa shape index (κ3) is 3.91. The normalized spacial score (nSPS) is 14.0. The molecule has 3 nitrogen and oxygen atoms in total. The van der Waals surface area contributed by atoms with Gasteiger partial charge < -0.3 is 9.47 Å². The fourth-order valence-corrected chi connectivity index (χ4v) is 3.25. The lowest BCUT2D eigenvalue weighted by atomic mass is 10.1. The average molecular weight is 487 g/mol. The molecule has 0 unspecified atom stereocenters. The molecule has 0 radical (unpaired) electrons. The van der Waals surface area contributed by atoms with E-state index in [0.717, 1.165) is 0 Å². The number of carbonyl (C=O) groups excluding carboxylic acids is 1. The Morgan fingerprint density at radius 3 is 2.16 bits per heavy atom. The topological polar surface area (TPSA) is 35.5 Å². The quantitative estimate of drug-likeness (QED) is 0.174. The Hall–Kier alpha value is -3.10. The Morgan fingerprint density at radius 2 is 1.50 bits per heavy atom. The lowest BCUT2D eigenvalue weighted by molar-refractivity contribution is 0.101. The van der Waals surface area contributed by atoms with Gasteiger partial charge in [-0.1, -0.05) is 29.3 Å². The third-order valence-electron chi connectivity index (χ3n) is 4.57. The minimum absolute atomic E-state index is 0.0173. The van der Waals surface area contributed by atoms with Crippen LogP contribution in [0.5, 0.6) is 11.5 Å². The number of halogens is 7. The molecule has 3 aromatic carbocycles. The van der Waals surface area contributed by atoms with Crippen molar-refractivity contribution in [2.45, 2.75) is 6.61 Å². The number of fused-ring (bicyclic) bond motifs is 1. The maximum Gasteiger partial charge on any atom is 0.231 e. The van der Waals surface area contributed by atoms with E-state index in [4.69, 9.17) is 32.7 Å². The summed E-state index contributed by atoms with van der Waals surface area (Å²) >= 11 is 11.8. The van der Waals surface area contributed by atoms with Crippen molar-refractivity contribution in [3.63, 3.8) is 0 Å². The van der Waals surface area contributed by atoms with Crippen LogP contribution in [0.1, 0.15) is 21.5 Å².